The second kappa shape index (κ2) is 4.91. The van der Waals surface area contributed by atoms with Crippen LogP contribution in [0.2, 0.25) is 0 Å². The van der Waals surface area contributed by atoms with Gasteiger partial charge in [0.1, 0.15) is 0 Å². The summed E-state index contributed by atoms with van der Waals surface area (Å²) in [6, 6.07) is 0. The summed E-state index contributed by atoms with van der Waals surface area (Å²) in [6.45, 7) is 7.34. The van der Waals surface area contributed by atoms with E-state index in [1.807, 2.05) is 13.8 Å². The molecule has 0 amide bonds. The zero-order valence-corrected chi connectivity index (χ0v) is 6.91. The summed E-state index contributed by atoms with van der Waals surface area (Å²) in [7, 11) is 0. The largest absolute Gasteiger partial charge is 0.479 e. The summed E-state index contributed by atoms with van der Waals surface area (Å²) < 4.78 is 5.00. The van der Waals surface area contributed by atoms with Gasteiger partial charge < -0.3 is 9.84 Å². The number of hydrogen-bond donors (Lipinski definition) is 1. The molecule has 0 rings (SSSR count). The van der Waals surface area contributed by atoms with Crippen LogP contribution in [0.1, 0.15) is 13.8 Å². The lowest BCUT2D eigenvalue weighted by atomic mass is 10.1. The minimum absolute atomic E-state index is 0.00699. The van der Waals surface area contributed by atoms with Crippen LogP contribution >= 0.6 is 0 Å². The quantitative estimate of drug-likeness (QED) is 0.613. The Bertz CT molecular complexity index is 140. The Hall–Kier alpha value is -0.830. The van der Waals surface area contributed by atoms with E-state index in [1.165, 1.54) is 0 Å². The lowest BCUT2D eigenvalue weighted by Crippen LogP contribution is -2.29. The van der Waals surface area contributed by atoms with Crippen molar-refractivity contribution in [3.63, 3.8) is 0 Å². The van der Waals surface area contributed by atoms with Crippen molar-refractivity contribution in [3.8, 4) is 0 Å². The zero-order valence-electron chi connectivity index (χ0n) is 6.91. The van der Waals surface area contributed by atoms with Gasteiger partial charge in [0.15, 0.2) is 6.10 Å². The highest BCUT2D eigenvalue weighted by atomic mass is 16.5. The highest BCUT2D eigenvalue weighted by molar-refractivity contribution is 5.72. The molecule has 0 aliphatic heterocycles. The van der Waals surface area contributed by atoms with E-state index in [4.69, 9.17) is 9.84 Å². The van der Waals surface area contributed by atoms with Crippen LogP contribution in [0.3, 0.4) is 0 Å². The predicted molar refractivity (Wildman–Crippen MR) is 42.4 cm³/mol. The van der Waals surface area contributed by atoms with Crippen LogP contribution < -0.4 is 0 Å². The standard InChI is InChI=1S/C8H14O3/c1-4-5-11-7(6(2)3)8(9)10/h4,6-7H,1,5H2,2-3H3,(H,9,10). The van der Waals surface area contributed by atoms with E-state index in [2.05, 4.69) is 6.58 Å². The Morgan fingerprint density at radius 1 is 1.73 bits per heavy atom. The number of rotatable bonds is 5. The van der Waals surface area contributed by atoms with E-state index in [0.29, 0.717) is 0 Å². The van der Waals surface area contributed by atoms with Gasteiger partial charge in [-0.25, -0.2) is 4.79 Å². The maximum absolute atomic E-state index is 10.5. The summed E-state index contributed by atoms with van der Waals surface area (Å²) in [5, 5.41) is 8.61. The third kappa shape index (κ3) is 3.78. The molecule has 0 heterocycles. The first-order valence-corrected chi connectivity index (χ1v) is 3.55. The average Bonchev–Trinajstić information content (AvgIpc) is 1.87. The van der Waals surface area contributed by atoms with Crippen LogP contribution in [0.25, 0.3) is 0 Å². The topological polar surface area (TPSA) is 46.5 Å². The van der Waals surface area contributed by atoms with E-state index in [9.17, 15) is 4.79 Å². The van der Waals surface area contributed by atoms with Crippen LogP contribution in [0, 0.1) is 5.92 Å². The van der Waals surface area contributed by atoms with Gasteiger partial charge in [0.2, 0.25) is 0 Å². The summed E-state index contributed by atoms with van der Waals surface area (Å²) in [6.07, 6.45) is 0.825. The maximum atomic E-state index is 10.5. The number of ether oxygens (including phenoxy) is 1. The van der Waals surface area contributed by atoms with E-state index in [0.717, 1.165) is 0 Å². The smallest absolute Gasteiger partial charge is 0.333 e. The van der Waals surface area contributed by atoms with Gasteiger partial charge in [-0.3, -0.25) is 0 Å². The molecule has 0 saturated carbocycles. The van der Waals surface area contributed by atoms with Crippen molar-refractivity contribution in [3.05, 3.63) is 12.7 Å². The number of aliphatic carboxylic acids is 1. The summed E-state index contributed by atoms with van der Waals surface area (Å²) in [4.78, 5) is 10.5. The maximum Gasteiger partial charge on any atom is 0.333 e. The van der Waals surface area contributed by atoms with Gasteiger partial charge in [-0.1, -0.05) is 19.9 Å². The molecular weight excluding hydrogens is 144 g/mol. The van der Waals surface area contributed by atoms with Crippen molar-refractivity contribution < 1.29 is 14.6 Å². The second-order valence-corrected chi connectivity index (χ2v) is 2.62. The van der Waals surface area contributed by atoms with Gasteiger partial charge >= 0.3 is 5.97 Å². The first kappa shape index (κ1) is 10.2. The Labute approximate surface area is 66.7 Å². The van der Waals surface area contributed by atoms with Gasteiger partial charge in [0.05, 0.1) is 6.61 Å². The van der Waals surface area contributed by atoms with Gasteiger partial charge in [0.25, 0.3) is 0 Å². The molecule has 1 N–H and O–H groups in total. The molecule has 0 bridgehead atoms. The third-order valence-electron chi connectivity index (χ3n) is 1.24. The van der Waals surface area contributed by atoms with Crippen LogP contribution in [-0.2, 0) is 9.53 Å². The molecule has 0 fully saturated rings. The van der Waals surface area contributed by atoms with Gasteiger partial charge in [0, 0.05) is 0 Å². The molecule has 3 nitrogen and oxygen atoms in total. The molecular formula is C8H14O3. The Morgan fingerprint density at radius 2 is 2.27 bits per heavy atom. The van der Waals surface area contributed by atoms with Crippen molar-refractivity contribution in [2.75, 3.05) is 6.61 Å². The van der Waals surface area contributed by atoms with Crippen molar-refractivity contribution in [2.24, 2.45) is 5.92 Å². The van der Waals surface area contributed by atoms with Crippen LogP contribution in [-0.4, -0.2) is 23.8 Å². The zero-order chi connectivity index (χ0) is 8.85. The number of carbonyl (C=O) groups is 1. The summed E-state index contributed by atoms with van der Waals surface area (Å²) >= 11 is 0. The van der Waals surface area contributed by atoms with E-state index >= 15 is 0 Å². The second-order valence-electron chi connectivity index (χ2n) is 2.62. The lowest BCUT2D eigenvalue weighted by molar-refractivity contribution is -0.152. The molecule has 0 saturated heterocycles. The van der Waals surface area contributed by atoms with Crippen molar-refractivity contribution in [2.45, 2.75) is 20.0 Å². The Morgan fingerprint density at radius 3 is 2.55 bits per heavy atom. The molecule has 3 heteroatoms. The molecule has 0 radical (unpaired) electrons. The van der Waals surface area contributed by atoms with Crippen LogP contribution in [0.4, 0.5) is 0 Å². The minimum atomic E-state index is -0.915. The minimum Gasteiger partial charge on any atom is -0.479 e. The van der Waals surface area contributed by atoms with Gasteiger partial charge in [-0.15, -0.1) is 6.58 Å². The highest BCUT2D eigenvalue weighted by Crippen LogP contribution is 2.06. The van der Waals surface area contributed by atoms with E-state index < -0.39 is 12.1 Å². The molecule has 1 unspecified atom stereocenters. The van der Waals surface area contributed by atoms with Crippen molar-refractivity contribution in [1.82, 2.24) is 0 Å². The lowest BCUT2D eigenvalue weighted by Gasteiger charge is -2.15. The summed E-state index contributed by atoms with van der Waals surface area (Å²) in [5.74, 6) is -0.922. The van der Waals surface area contributed by atoms with Gasteiger partial charge in [-0.05, 0) is 5.92 Å². The molecule has 0 aromatic carbocycles. The average molecular weight is 158 g/mol. The molecule has 64 valence electrons. The fourth-order valence-corrected chi connectivity index (χ4v) is 0.721. The van der Waals surface area contributed by atoms with E-state index in [1.54, 1.807) is 6.08 Å². The van der Waals surface area contributed by atoms with E-state index in [-0.39, 0.29) is 12.5 Å². The van der Waals surface area contributed by atoms with Crippen molar-refractivity contribution >= 4 is 5.97 Å². The SMILES string of the molecule is C=CCOC(C(=O)O)C(C)C. The first-order chi connectivity index (χ1) is 5.09. The highest BCUT2D eigenvalue weighted by Gasteiger charge is 2.20. The first-order valence-electron chi connectivity index (χ1n) is 3.55. The molecule has 0 aliphatic rings. The molecule has 0 aromatic rings. The Kier molecular flexibility index (Phi) is 4.54. The Balaban J connectivity index is 3.89. The number of carboxylic acid groups (broad SMARTS) is 1. The monoisotopic (exact) mass is 158 g/mol. The van der Waals surface area contributed by atoms with Crippen LogP contribution in [0.15, 0.2) is 12.7 Å². The van der Waals surface area contributed by atoms with Crippen molar-refractivity contribution in [1.29, 1.82) is 0 Å². The fourth-order valence-electron chi connectivity index (χ4n) is 0.721. The molecule has 0 aliphatic carbocycles. The fraction of sp³-hybridized carbons (Fsp3) is 0.625. The summed E-state index contributed by atoms with van der Waals surface area (Å²) in [5.41, 5.74) is 0. The predicted octanol–water partition coefficient (Wildman–Crippen LogP) is 1.30. The normalized spacial score (nSPS) is 13.0. The van der Waals surface area contributed by atoms with Gasteiger partial charge in [-0.2, -0.15) is 0 Å². The molecule has 1 atom stereocenters. The number of carboxylic acids is 1. The molecule has 11 heavy (non-hydrogen) atoms. The van der Waals surface area contributed by atoms with Crippen LogP contribution in [0.5, 0.6) is 0 Å². The molecule has 0 aromatic heterocycles. The molecule has 0 spiro atoms. The number of hydrogen-bond acceptors (Lipinski definition) is 2. The third-order valence-corrected chi connectivity index (χ3v) is 1.24.